The van der Waals surface area contributed by atoms with E-state index >= 15 is 0 Å². The lowest BCUT2D eigenvalue weighted by molar-refractivity contribution is 0.592. The summed E-state index contributed by atoms with van der Waals surface area (Å²) < 4.78 is 14.1. The molecule has 0 amide bonds. The molecule has 1 atom stereocenters. The second kappa shape index (κ2) is 6.87. The highest BCUT2D eigenvalue weighted by Gasteiger charge is 2.09. The maximum absolute atomic E-state index is 14.1. The molecule has 112 valence electrons. The largest absolute Gasteiger partial charge is 0.327 e. The lowest BCUT2D eigenvalue weighted by Gasteiger charge is -2.10. The van der Waals surface area contributed by atoms with Gasteiger partial charge in [-0.05, 0) is 49.2 Å². The fourth-order valence-corrected chi connectivity index (χ4v) is 2.75. The van der Waals surface area contributed by atoms with Gasteiger partial charge in [0.05, 0.1) is 4.90 Å². The Kier molecular flexibility index (Phi) is 5.14. The smallest absolute Gasteiger partial charge is 0.251 e. The molecule has 0 saturated heterocycles. The van der Waals surface area contributed by atoms with Crippen LogP contribution in [0.15, 0.2) is 39.1 Å². The maximum atomic E-state index is 14.1. The number of aryl methyl sites for hydroxylation is 1. The van der Waals surface area contributed by atoms with Gasteiger partial charge in [0.15, 0.2) is 5.16 Å². The van der Waals surface area contributed by atoms with Gasteiger partial charge in [-0.1, -0.05) is 13.0 Å². The second-order valence-electron chi connectivity index (χ2n) is 4.93. The number of nitrogens with zero attached hydrogens (tertiary/aromatic N) is 1. The molecule has 0 spiro atoms. The molecule has 0 aliphatic carbocycles. The maximum Gasteiger partial charge on any atom is 0.251 e. The molecular weight excluding hydrogens is 289 g/mol. The number of aromatic amines is 1. The van der Waals surface area contributed by atoms with E-state index in [9.17, 15) is 9.18 Å². The third-order valence-corrected chi connectivity index (χ3v) is 4.01. The van der Waals surface area contributed by atoms with Crippen LogP contribution in [-0.4, -0.2) is 16.0 Å². The van der Waals surface area contributed by atoms with Gasteiger partial charge in [-0.25, -0.2) is 9.37 Å². The van der Waals surface area contributed by atoms with E-state index in [1.54, 1.807) is 13.0 Å². The number of hydrogen-bond acceptors (Lipinski definition) is 4. The zero-order valence-electron chi connectivity index (χ0n) is 12.0. The normalized spacial score (nSPS) is 12.4. The van der Waals surface area contributed by atoms with Crippen LogP contribution in [0.4, 0.5) is 4.39 Å². The van der Waals surface area contributed by atoms with E-state index in [0.29, 0.717) is 22.2 Å². The average Bonchev–Trinajstić information content (AvgIpc) is 2.40. The molecule has 0 aliphatic rings. The summed E-state index contributed by atoms with van der Waals surface area (Å²) in [5.74, 6) is -0.329. The molecule has 0 bridgehead atoms. The van der Waals surface area contributed by atoms with E-state index in [0.717, 1.165) is 23.7 Å². The number of benzene rings is 1. The Morgan fingerprint density at radius 2 is 2.19 bits per heavy atom. The van der Waals surface area contributed by atoms with Crippen molar-refractivity contribution in [1.29, 1.82) is 0 Å². The third kappa shape index (κ3) is 4.41. The first-order valence-electron chi connectivity index (χ1n) is 6.77. The third-order valence-electron chi connectivity index (χ3n) is 3.07. The summed E-state index contributed by atoms with van der Waals surface area (Å²) in [5.41, 5.74) is 7.11. The van der Waals surface area contributed by atoms with Gasteiger partial charge in [-0.3, -0.25) is 4.79 Å². The summed E-state index contributed by atoms with van der Waals surface area (Å²) in [6.45, 7) is 3.73. The Morgan fingerprint density at radius 3 is 2.81 bits per heavy atom. The second-order valence-corrected chi connectivity index (χ2v) is 5.96. The van der Waals surface area contributed by atoms with Crippen LogP contribution in [0.3, 0.4) is 0 Å². The van der Waals surface area contributed by atoms with E-state index < -0.39 is 0 Å². The first kappa shape index (κ1) is 15.7. The number of nitrogens with two attached hydrogens (primary N) is 1. The summed E-state index contributed by atoms with van der Waals surface area (Å²) in [6, 6.07) is 6.48. The van der Waals surface area contributed by atoms with Crippen molar-refractivity contribution in [2.24, 2.45) is 5.73 Å². The number of halogens is 1. The average molecular weight is 307 g/mol. The van der Waals surface area contributed by atoms with Crippen LogP contribution in [-0.2, 0) is 6.42 Å². The van der Waals surface area contributed by atoms with Crippen molar-refractivity contribution in [3.05, 3.63) is 51.7 Å². The van der Waals surface area contributed by atoms with Crippen molar-refractivity contribution in [1.82, 2.24) is 9.97 Å². The van der Waals surface area contributed by atoms with E-state index in [1.807, 2.05) is 13.0 Å². The fourth-order valence-electron chi connectivity index (χ4n) is 1.91. The van der Waals surface area contributed by atoms with Crippen molar-refractivity contribution in [3.8, 4) is 0 Å². The predicted molar refractivity (Wildman–Crippen MR) is 82.1 cm³/mol. The summed E-state index contributed by atoms with van der Waals surface area (Å²) in [7, 11) is 0. The summed E-state index contributed by atoms with van der Waals surface area (Å²) in [4.78, 5) is 18.6. The minimum Gasteiger partial charge on any atom is -0.327 e. The molecule has 1 heterocycles. The van der Waals surface area contributed by atoms with Crippen LogP contribution in [0.5, 0.6) is 0 Å². The minimum atomic E-state index is -0.329. The summed E-state index contributed by atoms with van der Waals surface area (Å²) in [5, 5.41) is 0.386. The number of aromatic nitrogens is 2. The Morgan fingerprint density at radius 1 is 1.43 bits per heavy atom. The van der Waals surface area contributed by atoms with Crippen molar-refractivity contribution < 1.29 is 4.39 Å². The molecular formula is C15H18FN3OS. The fraction of sp³-hybridized carbons (Fsp3) is 0.333. The molecule has 0 aliphatic heterocycles. The van der Waals surface area contributed by atoms with E-state index in [-0.39, 0.29) is 17.4 Å². The Hall–Kier alpha value is -1.66. The SMILES string of the molecule is CCC(N)Cc1ccc(Sc2nc(C)cc(=O)[nH]2)c(F)c1. The van der Waals surface area contributed by atoms with Crippen molar-refractivity contribution in [2.45, 2.75) is 42.8 Å². The lowest BCUT2D eigenvalue weighted by Crippen LogP contribution is -2.21. The molecule has 3 N–H and O–H groups in total. The molecule has 1 aromatic heterocycles. The molecule has 2 rings (SSSR count). The number of hydrogen-bond donors (Lipinski definition) is 2. The predicted octanol–water partition coefficient (Wildman–Crippen LogP) is 2.65. The van der Waals surface area contributed by atoms with Gasteiger partial charge in [-0.2, -0.15) is 0 Å². The van der Waals surface area contributed by atoms with Crippen LogP contribution in [0.2, 0.25) is 0 Å². The Labute approximate surface area is 127 Å². The highest BCUT2D eigenvalue weighted by molar-refractivity contribution is 7.99. The molecule has 0 saturated carbocycles. The number of rotatable bonds is 5. The van der Waals surface area contributed by atoms with Gasteiger partial charge in [0.2, 0.25) is 0 Å². The Balaban J connectivity index is 2.19. The zero-order chi connectivity index (χ0) is 15.4. The molecule has 1 unspecified atom stereocenters. The zero-order valence-corrected chi connectivity index (χ0v) is 12.8. The monoisotopic (exact) mass is 307 g/mol. The van der Waals surface area contributed by atoms with Crippen LogP contribution in [0.1, 0.15) is 24.6 Å². The van der Waals surface area contributed by atoms with E-state index in [1.165, 1.54) is 12.1 Å². The van der Waals surface area contributed by atoms with E-state index in [2.05, 4.69) is 9.97 Å². The standard InChI is InChI=1S/C15H18FN3OS/c1-3-11(17)7-10-4-5-13(12(16)8-10)21-15-18-9(2)6-14(20)19-15/h4-6,8,11H,3,7,17H2,1-2H3,(H,18,19,20). The molecule has 0 fully saturated rings. The van der Waals surface area contributed by atoms with Gasteiger partial charge in [0, 0.05) is 17.8 Å². The van der Waals surface area contributed by atoms with Gasteiger partial charge >= 0.3 is 0 Å². The molecule has 6 heteroatoms. The van der Waals surface area contributed by atoms with Gasteiger partial charge in [0.1, 0.15) is 5.82 Å². The molecule has 1 aromatic carbocycles. The topological polar surface area (TPSA) is 71.8 Å². The van der Waals surface area contributed by atoms with Crippen LogP contribution >= 0.6 is 11.8 Å². The number of H-pyrrole nitrogens is 1. The summed E-state index contributed by atoms with van der Waals surface area (Å²) in [6.07, 6.45) is 1.50. The highest BCUT2D eigenvalue weighted by Crippen LogP contribution is 2.27. The lowest BCUT2D eigenvalue weighted by atomic mass is 10.0. The molecule has 21 heavy (non-hydrogen) atoms. The van der Waals surface area contributed by atoms with Crippen LogP contribution in [0.25, 0.3) is 0 Å². The van der Waals surface area contributed by atoms with Crippen LogP contribution in [0, 0.1) is 12.7 Å². The molecule has 0 radical (unpaired) electrons. The molecule has 4 nitrogen and oxygen atoms in total. The van der Waals surface area contributed by atoms with Gasteiger partial charge in [0.25, 0.3) is 5.56 Å². The van der Waals surface area contributed by atoms with E-state index in [4.69, 9.17) is 5.73 Å². The van der Waals surface area contributed by atoms with Gasteiger partial charge in [-0.15, -0.1) is 0 Å². The van der Waals surface area contributed by atoms with Gasteiger partial charge < -0.3 is 10.7 Å². The summed E-state index contributed by atoms with van der Waals surface area (Å²) >= 11 is 1.10. The first-order valence-corrected chi connectivity index (χ1v) is 7.59. The Bertz CT molecular complexity index is 687. The quantitative estimate of drug-likeness (QED) is 0.833. The van der Waals surface area contributed by atoms with Crippen LogP contribution < -0.4 is 11.3 Å². The number of nitrogens with one attached hydrogen (secondary N) is 1. The van der Waals surface area contributed by atoms with Crippen molar-refractivity contribution in [3.63, 3.8) is 0 Å². The molecule has 2 aromatic rings. The first-order chi connectivity index (χ1) is 9.97. The minimum absolute atomic E-state index is 0.0395. The van der Waals surface area contributed by atoms with Crippen molar-refractivity contribution >= 4 is 11.8 Å². The highest BCUT2D eigenvalue weighted by atomic mass is 32.2. The van der Waals surface area contributed by atoms with Crippen molar-refractivity contribution in [2.75, 3.05) is 0 Å².